The van der Waals surface area contributed by atoms with Crippen LogP contribution in [0.15, 0.2) is 24.3 Å². The number of nitriles is 1. The van der Waals surface area contributed by atoms with Gasteiger partial charge in [-0.05, 0) is 37.6 Å². The highest BCUT2D eigenvalue weighted by Crippen LogP contribution is 2.25. The Labute approximate surface area is 165 Å². The highest BCUT2D eigenvalue weighted by atomic mass is 15.3. The van der Waals surface area contributed by atoms with Gasteiger partial charge in [-0.3, -0.25) is 4.90 Å². The number of hydrogen-bond acceptors (Lipinski definition) is 5. The van der Waals surface area contributed by atoms with Crippen LogP contribution in [0.3, 0.4) is 0 Å². The largest absolute Gasteiger partial charge is 0.303 e. The van der Waals surface area contributed by atoms with Gasteiger partial charge in [0.2, 0.25) is 0 Å². The maximum absolute atomic E-state index is 9.12. The zero-order chi connectivity index (χ0) is 19.1. The summed E-state index contributed by atoms with van der Waals surface area (Å²) in [6.45, 7) is 13.1. The lowest BCUT2D eigenvalue weighted by Gasteiger charge is -2.39. The minimum Gasteiger partial charge on any atom is -0.303 e. The second-order valence-electron chi connectivity index (χ2n) is 8.08. The summed E-state index contributed by atoms with van der Waals surface area (Å²) in [5.74, 6) is 0. The van der Waals surface area contributed by atoms with Gasteiger partial charge in [-0.2, -0.15) is 5.26 Å². The Morgan fingerprint density at radius 1 is 0.963 bits per heavy atom. The van der Waals surface area contributed by atoms with Crippen LogP contribution in [0.1, 0.15) is 30.5 Å². The van der Waals surface area contributed by atoms with Crippen LogP contribution >= 0.6 is 0 Å². The van der Waals surface area contributed by atoms with Crippen LogP contribution in [0.4, 0.5) is 0 Å². The summed E-state index contributed by atoms with van der Waals surface area (Å²) in [4.78, 5) is 9.86. The molecule has 27 heavy (non-hydrogen) atoms. The van der Waals surface area contributed by atoms with E-state index in [-0.39, 0.29) is 0 Å². The van der Waals surface area contributed by atoms with E-state index in [1.807, 2.05) is 0 Å². The number of benzene rings is 1. The van der Waals surface area contributed by atoms with E-state index in [1.54, 1.807) is 0 Å². The van der Waals surface area contributed by atoms with Crippen molar-refractivity contribution in [2.75, 3.05) is 72.5 Å². The van der Waals surface area contributed by atoms with Gasteiger partial charge in [0.1, 0.15) is 0 Å². The van der Waals surface area contributed by atoms with E-state index in [0.29, 0.717) is 12.6 Å². The Balaban J connectivity index is 1.50. The molecule has 0 radical (unpaired) electrons. The molecule has 1 aromatic rings. The Morgan fingerprint density at radius 2 is 1.63 bits per heavy atom. The van der Waals surface area contributed by atoms with Crippen molar-refractivity contribution < 1.29 is 0 Å². The van der Waals surface area contributed by atoms with Gasteiger partial charge in [-0.15, -0.1) is 0 Å². The summed E-state index contributed by atoms with van der Waals surface area (Å²) >= 11 is 0. The van der Waals surface area contributed by atoms with E-state index < -0.39 is 0 Å². The van der Waals surface area contributed by atoms with Gasteiger partial charge in [0.05, 0.1) is 12.6 Å². The summed E-state index contributed by atoms with van der Waals surface area (Å²) in [6, 6.07) is 11.8. The van der Waals surface area contributed by atoms with Crippen LogP contribution in [0.5, 0.6) is 0 Å². The first-order chi connectivity index (χ1) is 13.2. The third-order valence-corrected chi connectivity index (χ3v) is 6.05. The van der Waals surface area contributed by atoms with Crippen LogP contribution < -0.4 is 0 Å². The molecule has 0 spiro atoms. The van der Waals surface area contributed by atoms with Gasteiger partial charge in [0.25, 0.3) is 0 Å². The maximum atomic E-state index is 9.12. The molecule has 1 aromatic carbocycles. The first-order valence-corrected chi connectivity index (χ1v) is 10.5. The van der Waals surface area contributed by atoms with E-state index in [0.717, 1.165) is 32.6 Å². The second kappa shape index (κ2) is 10.2. The van der Waals surface area contributed by atoms with Gasteiger partial charge in [0.15, 0.2) is 0 Å². The first-order valence-electron chi connectivity index (χ1n) is 10.5. The molecule has 2 heterocycles. The van der Waals surface area contributed by atoms with Crippen molar-refractivity contribution in [2.45, 2.75) is 25.8 Å². The third-order valence-electron chi connectivity index (χ3n) is 6.05. The van der Waals surface area contributed by atoms with E-state index in [1.165, 1.54) is 50.3 Å². The van der Waals surface area contributed by atoms with Crippen LogP contribution in [0, 0.1) is 11.3 Å². The number of hydrogen-bond donors (Lipinski definition) is 0. The van der Waals surface area contributed by atoms with Crippen LogP contribution in [0.2, 0.25) is 0 Å². The maximum Gasteiger partial charge on any atom is 0.0871 e. The number of likely N-dealkylation sites (N-methyl/N-ethyl adjacent to an activating group) is 1. The molecule has 0 N–H and O–H groups in total. The predicted octanol–water partition coefficient (Wildman–Crippen LogP) is 2.07. The van der Waals surface area contributed by atoms with E-state index in [9.17, 15) is 0 Å². The molecule has 0 aliphatic carbocycles. The fourth-order valence-corrected chi connectivity index (χ4v) is 4.30. The standard InChI is InChI=1S/C22H35N5/c1-3-10-25-14-16-26(17-15-25)11-8-20-4-6-21(7-5-20)22-19-24(2)13-18-27(22)12-9-23/h4-7,22H,3,8,10-19H2,1-2H3. The summed E-state index contributed by atoms with van der Waals surface area (Å²) in [6.07, 6.45) is 2.38. The van der Waals surface area contributed by atoms with E-state index in [2.05, 4.69) is 63.9 Å². The van der Waals surface area contributed by atoms with Gasteiger partial charge >= 0.3 is 0 Å². The lowest BCUT2D eigenvalue weighted by Crippen LogP contribution is -2.47. The molecule has 5 nitrogen and oxygen atoms in total. The molecule has 2 aliphatic heterocycles. The second-order valence-corrected chi connectivity index (χ2v) is 8.08. The highest BCUT2D eigenvalue weighted by molar-refractivity contribution is 5.26. The molecular formula is C22H35N5. The molecule has 0 saturated carbocycles. The smallest absolute Gasteiger partial charge is 0.0871 e. The molecule has 2 fully saturated rings. The van der Waals surface area contributed by atoms with Gasteiger partial charge < -0.3 is 14.7 Å². The summed E-state index contributed by atoms with van der Waals surface area (Å²) in [7, 11) is 2.17. The molecule has 2 aliphatic rings. The average molecular weight is 370 g/mol. The number of piperazine rings is 2. The number of rotatable bonds is 7. The Morgan fingerprint density at radius 3 is 2.26 bits per heavy atom. The summed E-state index contributed by atoms with van der Waals surface area (Å²) < 4.78 is 0. The van der Waals surface area contributed by atoms with Crippen molar-refractivity contribution in [3.8, 4) is 6.07 Å². The van der Waals surface area contributed by atoms with Crippen molar-refractivity contribution in [1.82, 2.24) is 19.6 Å². The molecule has 0 aromatic heterocycles. The molecule has 1 atom stereocenters. The molecule has 5 heteroatoms. The lowest BCUT2D eigenvalue weighted by atomic mass is 10.00. The molecule has 1 unspecified atom stereocenters. The fourth-order valence-electron chi connectivity index (χ4n) is 4.30. The van der Waals surface area contributed by atoms with Crippen molar-refractivity contribution in [1.29, 1.82) is 5.26 Å². The van der Waals surface area contributed by atoms with Crippen LogP contribution in [-0.2, 0) is 6.42 Å². The highest BCUT2D eigenvalue weighted by Gasteiger charge is 2.26. The zero-order valence-electron chi connectivity index (χ0n) is 17.1. The minimum absolute atomic E-state index is 0.337. The van der Waals surface area contributed by atoms with Crippen LogP contribution in [-0.4, -0.2) is 92.1 Å². The lowest BCUT2D eigenvalue weighted by molar-refractivity contribution is 0.102. The first kappa shape index (κ1) is 20.3. The topological polar surface area (TPSA) is 36.8 Å². The van der Waals surface area contributed by atoms with E-state index >= 15 is 0 Å². The molecule has 148 valence electrons. The predicted molar refractivity (Wildman–Crippen MR) is 111 cm³/mol. The van der Waals surface area contributed by atoms with Gasteiger partial charge in [0, 0.05) is 58.4 Å². The van der Waals surface area contributed by atoms with Crippen molar-refractivity contribution in [2.24, 2.45) is 0 Å². The molecule has 0 amide bonds. The number of nitrogens with zero attached hydrogens (tertiary/aromatic N) is 5. The van der Waals surface area contributed by atoms with E-state index in [4.69, 9.17) is 5.26 Å². The molecule has 2 saturated heterocycles. The van der Waals surface area contributed by atoms with Crippen molar-refractivity contribution in [3.63, 3.8) is 0 Å². The normalized spacial score (nSPS) is 23.4. The third kappa shape index (κ3) is 5.76. The van der Waals surface area contributed by atoms with Crippen LogP contribution in [0.25, 0.3) is 0 Å². The minimum atomic E-state index is 0.337. The molecule has 0 bridgehead atoms. The van der Waals surface area contributed by atoms with Gasteiger partial charge in [-0.1, -0.05) is 31.2 Å². The average Bonchev–Trinajstić information content (AvgIpc) is 2.70. The van der Waals surface area contributed by atoms with Gasteiger partial charge in [-0.25, -0.2) is 0 Å². The fraction of sp³-hybridized carbons (Fsp3) is 0.682. The monoisotopic (exact) mass is 369 g/mol. The Bertz CT molecular complexity index is 600. The zero-order valence-corrected chi connectivity index (χ0v) is 17.1. The Hall–Kier alpha value is -1.45. The molecule has 3 rings (SSSR count). The Kier molecular flexibility index (Phi) is 7.66. The summed E-state index contributed by atoms with van der Waals surface area (Å²) in [5.41, 5.74) is 2.76. The molecular weight excluding hydrogens is 334 g/mol. The summed E-state index contributed by atoms with van der Waals surface area (Å²) in [5, 5.41) is 9.12. The van der Waals surface area contributed by atoms with Crippen molar-refractivity contribution in [3.05, 3.63) is 35.4 Å². The SMILES string of the molecule is CCCN1CCN(CCc2ccc(C3CN(C)CCN3CC#N)cc2)CC1. The quantitative estimate of drug-likeness (QED) is 0.688. The van der Waals surface area contributed by atoms with Crippen molar-refractivity contribution >= 4 is 0 Å².